The first kappa shape index (κ1) is 33.9. The van der Waals surface area contributed by atoms with Crippen molar-refractivity contribution in [2.75, 3.05) is 11.5 Å². The van der Waals surface area contributed by atoms with Crippen molar-refractivity contribution in [1.82, 2.24) is 19.7 Å². The predicted octanol–water partition coefficient (Wildman–Crippen LogP) is 7.52. The minimum Gasteiger partial charge on any atom is -0.481 e. The first-order valence-electron chi connectivity index (χ1n) is 17.0. The predicted molar refractivity (Wildman–Crippen MR) is 186 cm³/mol. The third-order valence-electron chi connectivity index (χ3n) is 10.6. The standard InChI is InChI=1S/C38H40F2N4O5S/c1-23(35(45)46)18-24-6-4-7-25(19-24)37(2)12-5-13-38(14-15-38)22-50(47,48)17-11-28-27-10-16-41-32(27)21-31(40)33(28)49-26-8-9-30(39)29(20-26)34-42-36(37)43-44(34)3/h4,6-10,16,19-21,23,41H,5,11-15,17-18,22H2,1-3H3,(H,45,46). The summed E-state index contributed by atoms with van der Waals surface area (Å²) < 4.78 is 66.3. The van der Waals surface area contributed by atoms with Gasteiger partial charge >= 0.3 is 5.97 Å². The lowest BCUT2D eigenvalue weighted by Crippen LogP contribution is -2.27. The molecular weight excluding hydrogens is 663 g/mol. The van der Waals surface area contributed by atoms with Crippen LogP contribution in [0.2, 0.25) is 0 Å². The van der Waals surface area contributed by atoms with Gasteiger partial charge in [0, 0.05) is 35.8 Å². The Morgan fingerprint density at radius 2 is 1.88 bits per heavy atom. The van der Waals surface area contributed by atoms with Gasteiger partial charge in [0.1, 0.15) is 11.6 Å². The molecule has 4 bridgehead atoms. The Morgan fingerprint density at radius 1 is 1.08 bits per heavy atom. The van der Waals surface area contributed by atoms with Crippen LogP contribution >= 0.6 is 0 Å². The number of rotatable bonds is 4. The molecule has 0 saturated heterocycles. The lowest BCUT2D eigenvalue weighted by atomic mass is 9.76. The molecule has 5 aromatic rings. The van der Waals surface area contributed by atoms with Crippen LogP contribution in [-0.4, -0.2) is 50.7 Å². The summed E-state index contributed by atoms with van der Waals surface area (Å²) in [5, 5.41) is 15.0. The van der Waals surface area contributed by atoms with Crippen LogP contribution in [0.1, 0.15) is 68.5 Å². The molecule has 1 aliphatic carbocycles. The minimum absolute atomic E-state index is 0.0500. The summed E-state index contributed by atoms with van der Waals surface area (Å²) in [6.45, 7) is 3.70. The molecule has 12 heteroatoms. The molecule has 2 N–H and O–H groups in total. The third kappa shape index (κ3) is 6.53. The minimum atomic E-state index is -3.53. The fourth-order valence-electron chi connectivity index (χ4n) is 7.42. The number of nitrogens with zero attached hydrogens (tertiary/aromatic N) is 3. The molecular formula is C38H40F2N4O5S. The van der Waals surface area contributed by atoms with Gasteiger partial charge in [0.05, 0.1) is 28.4 Å². The van der Waals surface area contributed by atoms with Gasteiger partial charge in [0.25, 0.3) is 0 Å². The maximum atomic E-state index is 15.7. The summed E-state index contributed by atoms with van der Waals surface area (Å²) in [6, 6.07) is 14.9. The number of hydrogen-bond donors (Lipinski definition) is 2. The van der Waals surface area contributed by atoms with Gasteiger partial charge < -0.3 is 14.8 Å². The SMILES string of the molecule is CC(Cc1cccc(C2(C)CCCC3(CC3)CS(=O)(=O)CCc3c(c(F)cc4[nH]ccc34)Oc3ccc(F)c(c3)-c3nc2nn3C)c1)C(=O)O. The second kappa shape index (κ2) is 12.6. The average molecular weight is 703 g/mol. The lowest BCUT2D eigenvalue weighted by molar-refractivity contribution is -0.141. The van der Waals surface area contributed by atoms with Crippen LogP contribution in [0.5, 0.6) is 11.5 Å². The van der Waals surface area contributed by atoms with Gasteiger partial charge in [-0.1, -0.05) is 37.6 Å². The molecule has 2 aliphatic rings. The van der Waals surface area contributed by atoms with Crippen molar-refractivity contribution >= 4 is 26.7 Å². The summed E-state index contributed by atoms with van der Waals surface area (Å²) in [6.07, 6.45) is 5.64. The molecule has 3 heterocycles. The highest BCUT2D eigenvalue weighted by Crippen LogP contribution is 2.52. The lowest BCUT2D eigenvalue weighted by Gasteiger charge is -2.29. The van der Waals surface area contributed by atoms with Crippen molar-refractivity contribution < 1.29 is 31.8 Å². The van der Waals surface area contributed by atoms with E-state index in [1.165, 1.54) is 28.9 Å². The summed E-state index contributed by atoms with van der Waals surface area (Å²) in [7, 11) is -1.84. The average Bonchev–Trinajstić information content (AvgIpc) is 3.44. The Bertz CT molecular complexity index is 2230. The number of carboxylic acids is 1. The van der Waals surface area contributed by atoms with E-state index in [0.29, 0.717) is 48.0 Å². The zero-order chi connectivity index (χ0) is 35.4. The third-order valence-corrected chi connectivity index (χ3v) is 12.5. The second-order valence-corrected chi connectivity index (χ2v) is 16.6. The number of aliphatic carboxylic acids is 1. The molecule has 1 fully saturated rings. The topological polar surface area (TPSA) is 127 Å². The molecule has 1 spiro atoms. The van der Waals surface area contributed by atoms with Crippen molar-refractivity contribution in [1.29, 1.82) is 0 Å². The number of nitrogens with one attached hydrogen (secondary N) is 1. The van der Waals surface area contributed by atoms with Crippen molar-refractivity contribution in [3.8, 4) is 22.9 Å². The molecule has 2 atom stereocenters. The van der Waals surface area contributed by atoms with Gasteiger partial charge in [-0.05, 0) is 86.3 Å². The molecule has 262 valence electrons. The molecule has 50 heavy (non-hydrogen) atoms. The Hall–Kier alpha value is -4.58. The number of carbonyl (C=O) groups is 1. The number of halogens is 2. The number of aryl methyl sites for hydroxylation is 2. The highest BCUT2D eigenvalue weighted by atomic mass is 32.2. The van der Waals surface area contributed by atoms with E-state index in [-0.39, 0.29) is 46.2 Å². The van der Waals surface area contributed by atoms with Crippen molar-refractivity contribution in [2.45, 2.75) is 64.2 Å². The highest BCUT2D eigenvalue weighted by molar-refractivity contribution is 7.91. The quantitative estimate of drug-likeness (QED) is 0.198. The van der Waals surface area contributed by atoms with Crippen LogP contribution in [0.25, 0.3) is 22.3 Å². The smallest absolute Gasteiger partial charge is 0.306 e. The van der Waals surface area contributed by atoms with Crippen LogP contribution in [0.4, 0.5) is 8.78 Å². The molecule has 0 radical (unpaired) electrons. The van der Waals surface area contributed by atoms with Gasteiger partial charge in [-0.25, -0.2) is 26.9 Å². The second-order valence-electron chi connectivity index (χ2n) is 14.4. The molecule has 1 aliphatic heterocycles. The summed E-state index contributed by atoms with van der Waals surface area (Å²) in [5.41, 5.74) is 1.71. The first-order valence-corrected chi connectivity index (χ1v) is 18.8. The van der Waals surface area contributed by atoms with E-state index < -0.39 is 38.8 Å². The summed E-state index contributed by atoms with van der Waals surface area (Å²) in [4.78, 5) is 19.6. The number of H-pyrrole nitrogens is 1. The van der Waals surface area contributed by atoms with Crippen LogP contribution < -0.4 is 4.74 Å². The first-order chi connectivity index (χ1) is 23.8. The van der Waals surface area contributed by atoms with E-state index in [1.807, 2.05) is 31.2 Å². The van der Waals surface area contributed by atoms with Crippen molar-refractivity contribution in [3.05, 3.63) is 94.9 Å². The van der Waals surface area contributed by atoms with E-state index in [4.69, 9.17) is 14.8 Å². The Morgan fingerprint density at radius 3 is 2.64 bits per heavy atom. The maximum absolute atomic E-state index is 15.7. The number of hydrogen-bond acceptors (Lipinski definition) is 6. The maximum Gasteiger partial charge on any atom is 0.306 e. The van der Waals surface area contributed by atoms with Gasteiger partial charge in [0.15, 0.2) is 33.1 Å². The van der Waals surface area contributed by atoms with E-state index in [9.17, 15) is 18.3 Å². The molecule has 1 saturated carbocycles. The van der Waals surface area contributed by atoms with Crippen LogP contribution in [0.3, 0.4) is 0 Å². The number of carboxylic acid groups (broad SMARTS) is 1. The molecule has 0 amide bonds. The number of benzene rings is 3. The largest absolute Gasteiger partial charge is 0.481 e. The van der Waals surface area contributed by atoms with Gasteiger partial charge in [-0.2, -0.15) is 5.10 Å². The number of sulfone groups is 1. The van der Waals surface area contributed by atoms with Crippen LogP contribution in [0, 0.1) is 23.0 Å². The fourth-order valence-corrected chi connectivity index (χ4v) is 9.44. The zero-order valence-corrected chi connectivity index (χ0v) is 29.1. The van der Waals surface area contributed by atoms with Crippen molar-refractivity contribution in [3.63, 3.8) is 0 Å². The molecule has 2 unspecified atom stereocenters. The number of aromatic nitrogens is 4. The molecule has 9 nitrogen and oxygen atoms in total. The van der Waals surface area contributed by atoms with E-state index in [1.54, 1.807) is 26.2 Å². The fraction of sp³-hybridized carbons (Fsp3) is 0.395. The zero-order valence-electron chi connectivity index (χ0n) is 28.3. The van der Waals surface area contributed by atoms with Crippen LogP contribution in [-0.2, 0) is 39.9 Å². The van der Waals surface area contributed by atoms with Gasteiger partial charge in [-0.15, -0.1) is 0 Å². The highest BCUT2D eigenvalue weighted by Gasteiger charge is 2.46. The number of fused-ring (bicyclic) bond motifs is 8. The Balaban J connectivity index is 1.36. The number of ether oxygens (including phenoxy) is 1. The van der Waals surface area contributed by atoms with Crippen molar-refractivity contribution in [2.24, 2.45) is 18.4 Å². The molecule has 2 aromatic heterocycles. The molecule has 3 aromatic carbocycles. The van der Waals surface area contributed by atoms with Gasteiger partial charge in [-0.3, -0.25) is 4.79 Å². The number of aromatic amines is 1. The van der Waals surface area contributed by atoms with E-state index in [2.05, 4.69) is 4.98 Å². The van der Waals surface area contributed by atoms with Gasteiger partial charge in [0.2, 0.25) is 0 Å². The normalized spacial score (nSPS) is 20.7. The van der Waals surface area contributed by atoms with E-state index >= 15 is 8.78 Å². The van der Waals surface area contributed by atoms with E-state index in [0.717, 1.165) is 24.0 Å². The monoisotopic (exact) mass is 702 g/mol. The van der Waals surface area contributed by atoms with Crippen LogP contribution in [0.15, 0.2) is 60.8 Å². The Kier molecular flexibility index (Phi) is 8.56. The summed E-state index contributed by atoms with van der Waals surface area (Å²) >= 11 is 0. The summed E-state index contributed by atoms with van der Waals surface area (Å²) in [5.74, 6) is -2.03. The molecule has 7 rings (SSSR count). The Labute approximate surface area is 289 Å².